The number of benzene rings is 2. The molecule has 0 bridgehead atoms. The van der Waals surface area contributed by atoms with Crippen molar-refractivity contribution in [3.05, 3.63) is 63.3 Å². The monoisotopic (exact) mass is 395 g/mol. The minimum Gasteiger partial charge on any atom is -0.327 e. The predicted molar refractivity (Wildman–Crippen MR) is 110 cm³/mol. The van der Waals surface area contributed by atoms with E-state index in [-0.39, 0.29) is 22.8 Å². The molecule has 0 fully saturated rings. The lowest BCUT2D eigenvalue weighted by Gasteiger charge is -2.08. The summed E-state index contributed by atoms with van der Waals surface area (Å²) >= 11 is 1.17. The van der Waals surface area contributed by atoms with Gasteiger partial charge in [-0.25, -0.2) is 9.78 Å². The summed E-state index contributed by atoms with van der Waals surface area (Å²) in [6.07, 6.45) is 0. The number of nitrogens with one attached hydrogen (secondary N) is 2. The second-order valence-corrected chi connectivity index (χ2v) is 7.27. The van der Waals surface area contributed by atoms with E-state index in [0.717, 1.165) is 21.0 Å². The summed E-state index contributed by atoms with van der Waals surface area (Å²) in [6, 6.07) is 13.5. The van der Waals surface area contributed by atoms with Crippen LogP contribution >= 0.6 is 11.8 Å². The molecule has 0 radical (unpaired) electrons. The summed E-state index contributed by atoms with van der Waals surface area (Å²) < 4.78 is 2.32. The van der Waals surface area contributed by atoms with Gasteiger partial charge in [-0.3, -0.25) is 18.7 Å². The van der Waals surface area contributed by atoms with Gasteiger partial charge in [-0.1, -0.05) is 48.2 Å². The van der Waals surface area contributed by atoms with Crippen LogP contribution in [0.4, 0.5) is 5.69 Å². The Morgan fingerprint density at radius 2 is 1.86 bits per heavy atom. The highest BCUT2D eigenvalue weighted by Crippen LogP contribution is 2.23. The average Bonchev–Trinajstić information content (AvgIpc) is 3.14. The Kier molecular flexibility index (Phi) is 4.52. The van der Waals surface area contributed by atoms with E-state index in [0.29, 0.717) is 5.16 Å². The van der Waals surface area contributed by atoms with Crippen molar-refractivity contribution in [2.24, 2.45) is 14.1 Å². The SMILES string of the molecule is Cn1c(=O)c2[nH]c(SCC(=O)Nc3cccc4ccccc34)nc2n(C)c1=O. The van der Waals surface area contributed by atoms with Crippen LogP contribution in [0.15, 0.2) is 57.2 Å². The van der Waals surface area contributed by atoms with Gasteiger partial charge < -0.3 is 10.3 Å². The Morgan fingerprint density at radius 1 is 1.11 bits per heavy atom. The first-order valence-electron chi connectivity index (χ1n) is 8.52. The van der Waals surface area contributed by atoms with Crippen LogP contribution in [0.2, 0.25) is 0 Å². The van der Waals surface area contributed by atoms with E-state index in [2.05, 4.69) is 15.3 Å². The Hall–Kier alpha value is -3.33. The molecule has 1 amide bonds. The third kappa shape index (κ3) is 3.09. The molecule has 0 aliphatic rings. The molecule has 2 aromatic carbocycles. The molecule has 0 aliphatic heterocycles. The zero-order chi connectivity index (χ0) is 19.8. The third-order valence-electron chi connectivity index (χ3n) is 4.48. The molecule has 0 atom stereocenters. The zero-order valence-electron chi connectivity index (χ0n) is 15.2. The number of aromatic amines is 1. The third-order valence-corrected chi connectivity index (χ3v) is 5.35. The summed E-state index contributed by atoms with van der Waals surface area (Å²) in [4.78, 5) is 43.8. The van der Waals surface area contributed by atoms with Gasteiger partial charge in [0.1, 0.15) is 0 Å². The summed E-state index contributed by atoms with van der Waals surface area (Å²) in [5.41, 5.74) is 0.350. The molecule has 0 saturated heterocycles. The van der Waals surface area contributed by atoms with E-state index in [1.807, 2.05) is 42.5 Å². The van der Waals surface area contributed by atoms with Crippen molar-refractivity contribution in [2.75, 3.05) is 11.1 Å². The van der Waals surface area contributed by atoms with Crippen molar-refractivity contribution in [3.8, 4) is 0 Å². The molecule has 142 valence electrons. The van der Waals surface area contributed by atoms with Gasteiger partial charge in [0.05, 0.1) is 5.75 Å². The standard InChI is InChI=1S/C19H17N5O3S/c1-23-16-15(17(26)24(2)19(23)27)21-18(22-16)28-10-14(25)20-13-9-5-7-11-6-3-4-8-12(11)13/h3-9H,10H2,1-2H3,(H,20,25)(H,21,22). The van der Waals surface area contributed by atoms with Crippen molar-refractivity contribution in [3.63, 3.8) is 0 Å². The van der Waals surface area contributed by atoms with Crippen molar-refractivity contribution in [2.45, 2.75) is 5.16 Å². The number of fused-ring (bicyclic) bond motifs is 2. The summed E-state index contributed by atoms with van der Waals surface area (Å²) in [5, 5.41) is 5.32. The van der Waals surface area contributed by atoms with Crippen LogP contribution in [0.5, 0.6) is 0 Å². The predicted octanol–water partition coefficient (Wildman–Crippen LogP) is 1.84. The number of amides is 1. The van der Waals surface area contributed by atoms with Gasteiger partial charge in [0.15, 0.2) is 16.3 Å². The van der Waals surface area contributed by atoms with E-state index < -0.39 is 11.2 Å². The summed E-state index contributed by atoms with van der Waals surface area (Å²) in [5.74, 6) is -0.0827. The molecular weight excluding hydrogens is 378 g/mol. The van der Waals surface area contributed by atoms with Gasteiger partial charge in [0.2, 0.25) is 5.91 Å². The minimum absolute atomic E-state index is 0.108. The fraction of sp³-hybridized carbons (Fsp3) is 0.158. The first-order valence-corrected chi connectivity index (χ1v) is 9.50. The van der Waals surface area contributed by atoms with Gasteiger partial charge in [0.25, 0.3) is 5.56 Å². The number of hydrogen-bond donors (Lipinski definition) is 2. The van der Waals surface area contributed by atoms with E-state index in [1.54, 1.807) is 7.05 Å². The number of carbonyl (C=O) groups excluding carboxylic acids is 1. The normalized spacial score (nSPS) is 11.2. The molecule has 9 heteroatoms. The molecule has 4 rings (SSSR count). The van der Waals surface area contributed by atoms with E-state index in [9.17, 15) is 14.4 Å². The van der Waals surface area contributed by atoms with Gasteiger partial charge in [-0.05, 0) is 11.5 Å². The smallest absolute Gasteiger partial charge is 0.327 e. The molecule has 0 spiro atoms. The van der Waals surface area contributed by atoms with Crippen molar-refractivity contribution < 1.29 is 4.79 Å². The van der Waals surface area contributed by atoms with E-state index >= 15 is 0 Å². The maximum Gasteiger partial charge on any atom is 0.332 e. The molecular formula is C19H17N5O3S. The Labute approximate surface area is 163 Å². The van der Waals surface area contributed by atoms with Crippen molar-refractivity contribution in [1.29, 1.82) is 0 Å². The molecule has 8 nitrogen and oxygen atoms in total. The van der Waals surface area contributed by atoms with E-state index in [1.165, 1.54) is 23.4 Å². The number of imidazole rings is 1. The molecule has 4 aromatic rings. The quantitative estimate of drug-likeness (QED) is 0.514. The highest BCUT2D eigenvalue weighted by molar-refractivity contribution is 7.99. The number of aryl methyl sites for hydroxylation is 1. The molecule has 0 aliphatic carbocycles. The number of H-pyrrole nitrogens is 1. The number of nitrogens with zero attached hydrogens (tertiary/aromatic N) is 3. The van der Waals surface area contributed by atoms with Crippen LogP contribution in [0.3, 0.4) is 0 Å². The second kappa shape index (κ2) is 7.01. The highest BCUT2D eigenvalue weighted by atomic mass is 32.2. The average molecular weight is 395 g/mol. The molecule has 2 aromatic heterocycles. The van der Waals surface area contributed by atoms with Crippen LogP contribution in [0, 0.1) is 0 Å². The largest absolute Gasteiger partial charge is 0.332 e. The first kappa shape index (κ1) is 18.1. The number of anilines is 1. The van der Waals surface area contributed by atoms with Gasteiger partial charge in [0, 0.05) is 25.2 Å². The molecule has 28 heavy (non-hydrogen) atoms. The number of thioether (sulfide) groups is 1. The molecule has 2 N–H and O–H groups in total. The topological polar surface area (TPSA) is 102 Å². The number of hydrogen-bond acceptors (Lipinski definition) is 5. The van der Waals surface area contributed by atoms with Crippen LogP contribution in [-0.2, 0) is 18.9 Å². The summed E-state index contributed by atoms with van der Waals surface area (Å²) in [6.45, 7) is 0. The Morgan fingerprint density at radius 3 is 2.68 bits per heavy atom. The Balaban J connectivity index is 1.54. The number of rotatable bonds is 4. The van der Waals surface area contributed by atoms with Gasteiger partial charge >= 0.3 is 5.69 Å². The number of carbonyl (C=O) groups is 1. The summed E-state index contributed by atoms with van der Waals surface area (Å²) in [7, 11) is 2.96. The highest BCUT2D eigenvalue weighted by Gasteiger charge is 2.15. The molecule has 0 unspecified atom stereocenters. The van der Waals surface area contributed by atoms with Crippen LogP contribution in [-0.4, -0.2) is 30.8 Å². The Bertz CT molecular complexity index is 1330. The van der Waals surface area contributed by atoms with Crippen molar-refractivity contribution in [1.82, 2.24) is 19.1 Å². The fourth-order valence-corrected chi connectivity index (χ4v) is 3.69. The number of aromatic nitrogens is 4. The van der Waals surface area contributed by atoms with Gasteiger partial charge in [-0.2, -0.15) is 0 Å². The lowest BCUT2D eigenvalue weighted by Crippen LogP contribution is -2.36. The van der Waals surface area contributed by atoms with Crippen LogP contribution in [0.25, 0.3) is 21.9 Å². The molecule has 0 saturated carbocycles. The minimum atomic E-state index is -0.450. The van der Waals surface area contributed by atoms with Crippen LogP contribution in [0.1, 0.15) is 0 Å². The maximum absolute atomic E-state index is 12.4. The van der Waals surface area contributed by atoms with E-state index in [4.69, 9.17) is 0 Å². The lowest BCUT2D eigenvalue weighted by atomic mass is 10.1. The maximum atomic E-state index is 12.4. The fourth-order valence-electron chi connectivity index (χ4n) is 3.03. The second-order valence-electron chi connectivity index (χ2n) is 6.31. The van der Waals surface area contributed by atoms with Crippen LogP contribution < -0.4 is 16.6 Å². The van der Waals surface area contributed by atoms with Gasteiger partial charge in [-0.15, -0.1) is 0 Å². The van der Waals surface area contributed by atoms with Crippen molar-refractivity contribution >= 4 is 45.3 Å². The lowest BCUT2D eigenvalue weighted by molar-refractivity contribution is -0.113. The molecule has 2 heterocycles. The first-order chi connectivity index (χ1) is 13.5. The zero-order valence-corrected chi connectivity index (χ0v) is 16.0.